The summed E-state index contributed by atoms with van der Waals surface area (Å²) in [6, 6.07) is 14.9. The second-order valence-corrected chi connectivity index (χ2v) is 10.6. The molecule has 5 nitrogen and oxygen atoms in total. The standard InChI is InChI=1S/C22H21ClN2O3S2/c1-15-20-10-12-29-21(20)9-11-25(15)22(26)16-5-3-8-19(13-16)30(27,28)24(2)18-7-4-6-17(23)14-18/h3-8,10,12-15H,9,11H2,1-2H3. The molecule has 3 aromatic rings. The molecule has 1 aliphatic heterocycles. The number of carbonyl (C=O) groups is 1. The molecule has 2 heterocycles. The number of hydrogen-bond acceptors (Lipinski definition) is 4. The van der Waals surface area contributed by atoms with Crippen LogP contribution in [0.25, 0.3) is 0 Å². The van der Waals surface area contributed by atoms with Gasteiger partial charge in [-0.15, -0.1) is 11.3 Å². The Hall–Kier alpha value is -2.35. The molecule has 30 heavy (non-hydrogen) atoms. The van der Waals surface area contributed by atoms with Crippen molar-refractivity contribution in [3.05, 3.63) is 81.0 Å². The van der Waals surface area contributed by atoms with Crippen LogP contribution in [0.5, 0.6) is 0 Å². The third-order valence-electron chi connectivity index (χ3n) is 5.45. The maximum atomic E-state index is 13.2. The highest BCUT2D eigenvalue weighted by molar-refractivity contribution is 7.92. The van der Waals surface area contributed by atoms with E-state index in [-0.39, 0.29) is 16.8 Å². The highest BCUT2D eigenvalue weighted by Crippen LogP contribution is 2.34. The molecule has 0 radical (unpaired) electrons. The molecule has 1 atom stereocenters. The van der Waals surface area contributed by atoms with Crippen LogP contribution >= 0.6 is 22.9 Å². The van der Waals surface area contributed by atoms with Gasteiger partial charge in [0.05, 0.1) is 16.6 Å². The Bertz CT molecular complexity index is 1210. The van der Waals surface area contributed by atoms with Gasteiger partial charge in [-0.05, 0) is 66.8 Å². The van der Waals surface area contributed by atoms with Crippen LogP contribution in [0, 0.1) is 0 Å². The van der Waals surface area contributed by atoms with E-state index in [1.54, 1.807) is 47.7 Å². The summed E-state index contributed by atoms with van der Waals surface area (Å²) in [7, 11) is -2.37. The van der Waals surface area contributed by atoms with E-state index in [9.17, 15) is 13.2 Å². The van der Waals surface area contributed by atoms with Crippen LogP contribution in [-0.2, 0) is 16.4 Å². The summed E-state index contributed by atoms with van der Waals surface area (Å²) in [5, 5.41) is 2.50. The molecule has 0 spiro atoms. The minimum Gasteiger partial charge on any atom is -0.331 e. The van der Waals surface area contributed by atoms with Gasteiger partial charge in [0.1, 0.15) is 0 Å². The maximum Gasteiger partial charge on any atom is 0.264 e. The predicted molar refractivity (Wildman–Crippen MR) is 121 cm³/mol. The second-order valence-electron chi connectivity index (χ2n) is 7.20. The number of rotatable bonds is 4. The van der Waals surface area contributed by atoms with E-state index in [0.29, 0.717) is 22.8 Å². The Kier molecular flexibility index (Phi) is 5.61. The van der Waals surface area contributed by atoms with Crippen LogP contribution < -0.4 is 4.31 Å². The van der Waals surface area contributed by atoms with Gasteiger partial charge < -0.3 is 4.90 Å². The Morgan fingerprint density at radius 3 is 2.70 bits per heavy atom. The van der Waals surface area contributed by atoms with Gasteiger partial charge in [0, 0.05) is 29.1 Å². The molecule has 2 aromatic carbocycles. The summed E-state index contributed by atoms with van der Waals surface area (Å²) in [6.07, 6.45) is 0.818. The quantitative estimate of drug-likeness (QED) is 0.551. The van der Waals surface area contributed by atoms with Crippen molar-refractivity contribution in [2.24, 2.45) is 0 Å². The molecule has 1 aliphatic rings. The molecule has 1 aromatic heterocycles. The van der Waals surface area contributed by atoms with Crippen LogP contribution in [0.4, 0.5) is 5.69 Å². The molecule has 0 fully saturated rings. The SMILES string of the molecule is CC1c2ccsc2CCN1C(=O)c1cccc(S(=O)(=O)N(C)c2cccc(Cl)c2)c1. The zero-order valence-electron chi connectivity index (χ0n) is 16.6. The van der Waals surface area contributed by atoms with Crippen LogP contribution in [0.2, 0.25) is 5.02 Å². The van der Waals surface area contributed by atoms with Crippen molar-refractivity contribution >= 4 is 44.6 Å². The number of carbonyl (C=O) groups excluding carboxylic acids is 1. The first kappa shape index (κ1) is 20.9. The first-order valence-electron chi connectivity index (χ1n) is 9.51. The second kappa shape index (κ2) is 8.06. The lowest BCUT2D eigenvalue weighted by Crippen LogP contribution is -2.38. The van der Waals surface area contributed by atoms with Crippen molar-refractivity contribution in [2.45, 2.75) is 24.3 Å². The first-order chi connectivity index (χ1) is 14.3. The Morgan fingerprint density at radius 2 is 1.93 bits per heavy atom. The summed E-state index contributed by atoms with van der Waals surface area (Å²) >= 11 is 7.72. The van der Waals surface area contributed by atoms with E-state index in [2.05, 4.69) is 6.07 Å². The van der Waals surface area contributed by atoms with Crippen LogP contribution in [-0.4, -0.2) is 32.8 Å². The summed E-state index contributed by atoms with van der Waals surface area (Å²) in [4.78, 5) is 16.4. The molecule has 0 saturated heterocycles. The minimum atomic E-state index is -3.84. The lowest BCUT2D eigenvalue weighted by molar-refractivity contribution is 0.0679. The minimum absolute atomic E-state index is 0.0399. The molecule has 156 valence electrons. The molecular formula is C22H21ClN2O3S2. The fourth-order valence-corrected chi connectivity index (χ4v) is 6.09. The molecule has 8 heteroatoms. The zero-order valence-corrected chi connectivity index (χ0v) is 19.0. The largest absolute Gasteiger partial charge is 0.331 e. The number of amides is 1. The average Bonchev–Trinajstić information content (AvgIpc) is 3.23. The Balaban J connectivity index is 1.63. The fraction of sp³-hybridized carbons (Fsp3) is 0.227. The third-order valence-corrected chi connectivity index (χ3v) is 8.46. The maximum absolute atomic E-state index is 13.2. The van der Waals surface area contributed by atoms with Crippen molar-refractivity contribution < 1.29 is 13.2 Å². The van der Waals surface area contributed by atoms with E-state index in [0.717, 1.165) is 6.42 Å². The number of nitrogens with zero attached hydrogens (tertiary/aromatic N) is 2. The van der Waals surface area contributed by atoms with Crippen LogP contribution in [0.3, 0.4) is 0 Å². The van der Waals surface area contributed by atoms with Gasteiger partial charge in [-0.2, -0.15) is 0 Å². The number of hydrogen-bond donors (Lipinski definition) is 0. The number of thiophene rings is 1. The van der Waals surface area contributed by atoms with Crippen molar-refractivity contribution in [1.29, 1.82) is 0 Å². The van der Waals surface area contributed by atoms with Crippen LogP contribution in [0.15, 0.2) is 64.9 Å². The Morgan fingerprint density at radius 1 is 1.17 bits per heavy atom. The van der Waals surface area contributed by atoms with Gasteiger partial charge in [0.2, 0.25) is 0 Å². The van der Waals surface area contributed by atoms with Crippen molar-refractivity contribution in [1.82, 2.24) is 4.90 Å². The van der Waals surface area contributed by atoms with E-state index in [1.807, 2.05) is 17.2 Å². The van der Waals surface area contributed by atoms with Crippen molar-refractivity contribution in [2.75, 3.05) is 17.9 Å². The summed E-state index contributed by atoms with van der Waals surface area (Å²) in [6.45, 7) is 2.63. The molecule has 0 bridgehead atoms. The first-order valence-corrected chi connectivity index (χ1v) is 12.2. The monoisotopic (exact) mass is 460 g/mol. The summed E-state index contributed by atoms with van der Waals surface area (Å²) in [5.74, 6) is -0.165. The zero-order chi connectivity index (χ0) is 21.5. The number of halogens is 1. The van der Waals surface area contributed by atoms with Gasteiger partial charge in [-0.25, -0.2) is 8.42 Å². The predicted octanol–water partition coefficient (Wildman–Crippen LogP) is 4.99. The highest BCUT2D eigenvalue weighted by Gasteiger charge is 2.30. The van der Waals surface area contributed by atoms with E-state index in [4.69, 9.17) is 11.6 Å². The van der Waals surface area contributed by atoms with Crippen LogP contribution in [0.1, 0.15) is 33.8 Å². The van der Waals surface area contributed by atoms with Crippen molar-refractivity contribution in [3.63, 3.8) is 0 Å². The molecule has 4 rings (SSSR count). The number of anilines is 1. The third kappa shape index (κ3) is 3.73. The summed E-state index contributed by atoms with van der Waals surface area (Å²) < 4.78 is 27.5. The lowest BCUT2D eigenvalue weighted by Gasteiger charge is -2.33. The van der Waals surface area contributed by atoms with E-state index < -0.39 is 10.0 Å². The topological polar surface area (TPSA) is 57.7 Å². The van der Waals surface area contributed by atoms with E-state index >= 15 is 0 Å². The molecular weight excluding hydrogens is 440 g/mol. The highest BCUT2D eigenvalue weighted by atomic mass is 35.5. The van der Waals surface area contributed by atoms with Gasteiger partial charge in [-0.1, -0.05) is 23.7 Å². The summed E-state index contributed by atoms with van der Waals surface area (Å²) in [5.41, 5.74) is 1.99. The average molecular weight is 461 g/mol. The van der Waals surface area contributed by atoms with Gasteiger partial charge in [0.25, 0.3) is 15.9 Å². The fourth-order valence-electron chi connectivity index (χ4n) is 3.71. The smallest absolute Gasteiger partial charge is 0.264 e. The number of fused-ring (bicyclic) bond motifs is 1. The molecule has 1 amide bonds. The van der Waals surface area contributed by atoms with Gasteiger partial charge >= 0.3 is 0 Å². The van der Waals surface area contributed by atoms with Gasteiger partial charge in [0.15, 0.2) is 0 Å². The van der Waals surface area contributed by atoms with Crippen molar-refractivity contribution in [3.8, 4) is 0 Å². The van der Waals surface area contributed by atoms with E-state index in [1.165, 1.54) is 33.9 Å². The Labute approximate surface area is 185 Å². The lowest BCUT2D eigenvalue weighted by atomic mass is 10.0. The molecule has 0 N–H and O–H groups in total. The molecule has 1 unspecified atom stereocenters. The number of benzene rings is 2. The molecule has 0 aliphatic carbocycles. The van der Waals surface area contributed by atoms with Gasteiger partial charge in [-0.3, -0.25) is 9.10 Å². The number of sulfonamides is 1. The normalized spacial score (nSPS) is 16.2. The molecule has 0 saturated carbocycles.